The van der Waals surface area contributed by atoms with E-state index in [-0.39, 0.29) is 18.2 Å². The van der Waals surface area contributed by atoms with Gasteiger partial charge >= 0.3 is 0 Å². The van der Waals surface area contributed by atoms with Gasteiger partial charge in [0, 0.05) is 17.8 Å². The summed E-state index contributed by atoms with van der Waals surface area (Å²) in [5.74, 6) is 0.239. The van der Waals surface area contributed by atoms with Crippen LogP contribution >= 0.6 is 27.5 Å². The Kier molecular flexibility index (Phi) is 7.28. The third kappa shape index (κ3) is 6.40. The second-order valence-electron chi connectivity index (χ2n) is 5.30. The summed E-state index contributed by atoms with van der Waals surface area (Å²) in [6.07, 6.45) is 0.830. The quantitative estimate of drug-likeness (QED) is 0.623. The first-order chi connectivity index (χ1) is 12.0. The van der Waals surface area contributed by atoms with Crippen LogP contribution in [0.15, 0.2) is 46.9 Å². The van der Waals surface area contributed by atoms with Crippen LogP contribution in [0.3, 0.4) is 0 Å². The summed E-state index contributed by atoms with van der Waals surface area (Å²) in [5.41, 5.74) is 1.10. The molecule has 5 nitrogen and oxygen atoms in total. The number of hydrogen-bond donors (Lipinski definition) is 2. The summed E-state index contributed by atoms with van der Waals surface area (Å²) >= 11 is 9.36. The number of carbonyl (C=O) groups is 2. The van der Waals surface area contributed by atoms with Crippen LogP contribution in [0, 0.1) is 0 Å². The van der Waals surface area contributed by atoms with Crippen molar-refractivity contribution in [3.05, 3.63) is 52.0 Å². The molecule has 0 saturated carbocycles. The number of nitrogens with one attached hydrogen (secondary N) is 2. The van der Waals surface area contributed by atoms with Crippen LogP contribution < -0.4 is 15.4 Å². The van der Waals surface area contributed by atoms with Crippen LogP contribution in [0.1, 0.15) is 19.8 Å². The van der Waals surface area contributed by atoms with E-state index in [0.717, 1.165) is 4.47 Å². The van der Waals surface area contributed by atoms with Gasteiger partial charge in [-0.1, -0.05) is 39.7 Å². The van der Waals surface area contributed by atoms with Gasteiger partial charge in [-0.25, -0.2) is 0 Å². The van der Waals surface area contributed by atoms with Gasteiger partial charge in [-0.3, -0.25) is 9.59 Å². The number of carbonyl (C=O) groups excluding carboxylic acids is 2. The summed E-state index contributed by atoms with van der Waals surface area (Å²) in [6.45, 7) is 1.80. The largest absolute Gasteiger partial charge is 0.492 e. The van der Waals surface area contributed by atoms with Crippen LogP contribution in [-0.4, -0.2) is 18.4 Å². The molecule has 0 aliphatic carbocycles. The Balaban J connectivity index is 1.85. The molecule has 0 spiro atoms. The van der Waals surface area contributed by atoms with Crippen LogP contribution in [0.2, 0.25) is 5.02 Å². The number of ether oxygens (including phenoxy) is 1. The van der Waals surface area contributed by atoms with Crippen LogP contribution in [0.25, 0.3) is 0 Å². The summed E-state index contributed by atoms with van der Waals surface area (Å²) < 4.78 is 6.36. The highest BCUT2D eigenvalue weighted by atomic mass is 79.9. The number of halogens is 2. The number of benzene rings is 2. The number of anilines is 2. The predicted molar refractivity (Wildman–Crippen MR) is 103 cm³/mol. The molecule has 132 valence electrons. The summed E-state index contributed by atoms with van der Waals surface area (Å²) in [4.78, 5) is 23.4. The zero-order valence-corrected chi connectivity index (χ0v) is 16.0. The monoisotopic (exact) mass is 424 g/mol. The molecule has 2 aromatic rings. The van der Waals surface area contributed by atoms with Crippen molar-refractivity contribution in [3.63, 3.8) is 0 Å². The molecular weight excluding hydrogens is 408 g/mol. The van der Waals surface area contributed by atoms with Crippen molar-refractivity contribution in [2.24, 2.45) is 0 Å². The zero-order valence-electron chi connectivity index (χ0n) is 13.6. The summed E-state index contributed by atoms with van der Waals surface area (Å²) in [6, 6.07) is 12.4. The van der Waals surface area contributed by atoms with Gasteiger partial charge in [0.25, 0.3) is 0 Å². The SMILES string of the molecule is CC(=O)Nc1ccc(Br)cc1NC(=O)CCCOc1ccccc1Cl. The van der Waals surface area contributed by atoms with Gasteiger partial charge in [0.2, 0.25) is 11.8 Å². The topological polar surface area (TPSA) is 67.4 Å². The molecule has 0 saturated heterocycles. The van der Waals surface area contributed by atoms with Gasteiger partial charge in [-0.2, -0.15) is 0 Å². The molecule has 0 heterocycles. The molecule has 0 atom stereocenters. The second-order valence-corrected chi connectivity index (χ2v) is 6.62. The Morgan fingerprint density at radius 2 is 1.88 bits per heavy atom. The fraction of sp³-hybridized carbons (Fsp3) is 0.222. The molecule has 0 unspecified atom stereocenters. The molecule has 2 aromatic carbocycles. The first-order valence-corrected chi connectivity index (χ1v) is 8.87. The van der Waals surface area contributed by atoms with E-state index in [1.165, 1.54) is 6.92 Å². The van der Waals surface area contributed by atoms with Crippen molar-refractivity contribution in [2.45, 2.75) is 19.8 Å². The molecule has 7 heteroatoms. The van der Waals surface area contributed by atoms with Crippen LogP contribution in [-0.2, 0) is 9.59 Å². The lowest BCUT2D eigenvalue weighted by Crippen LogP contribution is -2.15. The average Bonchev–Trinajstić information content (AvgIpc) is 2.55. The molecule has 0 aliphatic rings. The molecule has 2 amide bonds. The average molecular weight is 426 g/mol. The molecule has 2 rings (SSSR count). The van der Waals surface area contributed by atoms with Crippen molar-refractivity contribution in [3.8, 4) is 5.75 Å². The molecule has 25 heavy (non-hydrogen) atoms. The fourth-order valence-electron chi connectivity index (χ4n) is 2.11. The van der Waals surface area contributed by atoms with Crippen molar-refractivity contribution >= 4 is 50.7 Å². The van der Waals surface area contributed by atoms with E-state index in [9.17, 15) is 9.59 Å². The standard InChI is InChI=1S/C18H18BrClN2O3/c1-12(23)21-15-9-8-13(19)11-16(15)22-18(24)7-4-10-25-17-6-3-2-5-14(17)20/h2-3,5-6,8-9,11H,4,7,10H2,1H3,(H,21,23)(H,22,24). The first-order valence-electron chi connectivity index (χ1n) is 7.70. The number of rotatable bonds is 7. The fourth-order valence-corrected chi connectivity index (χ4v) is 2.66. The molecular formula is C18H18BrClN2O3. The van der Waals surface area contributed by atoms with Crippen molar-refractivity contribution in [1.29, 1.82) is 0 Å². The van der Waals surface area contributed by atoms with Gasteiger partial charge < -0.3 is 15.4 Å². The number of para-hydroxylation sites is 1. The Morgan fingerprint density at radius 3 is 2.60 bits per heavy atom. The smallest absolute Gasteiger partial charge is 0.224 e. The minimum Gasteiger partial charge on any atom is -0.492 e. The highest BCUT2D eigenvalue weighted by Crippen LogP contribution is 2.26. The van der Waals surface area contributed by atoms with E-state index in [4.69, 9.17) is 16.3 Å². The minimum atomic E-state index is -0.203. The van der Waals surface area contributed by atoms with Crippen LogP contribution in [0.4, 0.5) is 11.4 Å². The van der Waals surface area contributed by atoms with E-state index in [0.29, 0.717) is 35.2 Å². The van der Waals surface area contributed by atoms with E-state index < -0.39 is 0 Å². The van der Waals surface area contributed by atoms with E-state index in [2.05, 4.69) is 26.6 Å². The van der Waals surface area contributed by atoms with Gasteiger partial charge in [0.15, 0.2) is 0 Å². The maximum atomic E-state index is 12.1. The molecule has 2 N–H and O–H groups in total. The van der Waals surface area contributed by atoms with Crippen molar-refractivity contribution in [1.82, 2.24) is 0 Å². The second kappa shape index (κ2) is 9.44. The Labute approximate surface area is 159 Å². The maximum Gasteiger partial charge on any atom is 0.224 e. The minimum absolute atomic E-state index is 0.160. The van der Waals surface area contributed by atoms with Gasteiger partial charge in [0.1, 0.15) is 5.75 Å². The molecule has 0 fully saturated rings. The van der Waals surface area contributed by atoms with E-state index >= 15 is 0 Å². The maximum absolute atomic E-state index is 12.1. The lowest BCUT2D eigenvalue weighted by atomic mass is 10.2. The van der Waals surface area contributed by atoms with E-state index in [1.807, 2.05) is 12.1 Å². The Morgan fingerprint density at radius 1 is 1.12 bits per heavy atom. The number of hydrogen-bond acceptors (Lipinski definition) is 3. The molecule has 0 aromatic heterocycles. The molecule has 0 radical (unpaired) electrons. The van der Waals surface area contributed by atoms with Gasteiger partial charge in [-0.15, -0.1) is 0 Å². The lowest BCUT2D eigenvalue weighted by Gasteiger charge is -2.12. The third-order valence-corrected chi connectivity index (χ3v) is 4.01. The van der Waals surface area contributed by atoms with Crippen LogP contribution in [0.5, 0.6) is 5.75 Å². The summed E-state index contributed by atoms with van der Waals surface area (Å²) in [7, 11) is 0. The van der Waals surface area contributed by atoms with Gasteiger partial charge in [0.05, 0.1) is 23.0 Å². The normalized spacial score (nSPS) is 10.2. The van der Waals surface area contributed by atoms with Crippen molar-refractivity contribution < 1.29 is 14.3 Å². The number of amides is 2. The third-order valence-electron chi connectivity index (χ3n) is 3.21. The molecule has 0 bridgehead atoms. The van der Waals surface area contributed by atoms with Gasteiger partial charge in [-0.05, 0) is 36.8 Å². The Bertz CT molecular complexity index is 768. The van der Waals surface area contributed by atoms with Crippen molar-refractivity contribution in [2.75, 3.05) is 17.2 Å². The zero-order chi connectivity index (χ0) is 18.2. The highest BCUT2D eigenvalue weighted by Gasteiger charge is 2.09. The van der Waals surface area contributed by atoms with E-state index in [1.54, 1.807) is 30.3 Å². The first kappa shape index (κ1) is 19.3. The molecule has 0 aliphatic heterocycles. The highest BCUT2D eigenvalue weighted by molar-refractivity contribution is 9.10. The Hall–Kier alpha value is -2.05. The predicted octanol–water partition coefficient (Wildman–Crippen LogP) is 4.86. The lowest BCUT2D eigenvalue weighted by molar-refractivity contribution is -0.116. The summed E-state index contributed by atoms with van der Waals surface area (Å²) in [5, 5.41) is 6.03.